The fraction of sp³-hybridized carbons (Fsp3) is 0.188. The predicted molar refractivity (Wildman–Crippen MR) is 77.3 cm³/mol. The molecule has 0 aliphatic rings. The van der Waals surface area contributed by atoms with Gasteiger partial charge in [-0.2, -0.15) is 0 Å². The average Bonchev–Trinajstić information content (AvgIpc) is 2.42. The zero-order valence-corrected chi connectivity index (χ0v) is 12.1. The van der Waals surface area contributed by atoms with Crippen molar-refractivity contribution in [3.63, 3.8) is 0 Å². The van der Waals surface area contributed by atoms with E-state index >= 15 is 0 Å². The zero-order chi connectivity index (χ0) is 14.7. The lowest BCUT2D eigenvalue weighted by Crippen LogP contribution is -2.06. The summed E-state index contributed by atoms with van der Waals surface area (Å²) in [7, 11) is 0. The maximum atomic E-state index is 13.5. The second-order valence-electron chi connectivity index (χ2n) is 4.60. The minimum Gasteiger partial charge on any atom is -0.293 e. The Hall–Kier alpha value is -1.68. The number of ketones is 1. The molecule has 0 heterocycles. The summed E-state index contributed by atoms with van der Waals surface area (Å²) in [5.41, 5.74) is 1.97. The molecule has 0 unspecified atom stereocenters. The van der Waals surface area contributed by atoms with Crippen molar-refractivity contribution in [3.05, 3.63) is 64.7 Å². The van der Waals surface area contributed by atoms with Gasteiger partial charge in [0, 0.05) is 4.90 Å². The van der Waals surface area contributed by atoms with Crippen LogP contribution in [-0.4, -0.2) is 11.5 Å². The SMILES string of the molecule is Cc1ccc(C)c(SCC(=O)c2cc(F)ccc2F)c1. The van der Waals surface area contributed by atoms with Crippen LogP contribution in [0.25, 0.3) is 0 Å². The Labute approximate surface area is 121 Å². The van der Waals surface area contributed by atoms with Gasteiger partial charge in [-0.05, 0) is 43.7 Å². The molecule has 0 N–H and O–H groups in total. The van der Waals surface area contributed by atoms with E-state index in [-0.39, 0.29) is 11.3 Å². The number of thioether (sulfide) groups is 1. The van der Waals surface area contributed by atoms with Crippen molar-refractivity contribution in [2.24, 2.45) is 0 Å². The Balaban J connectivity index is 2.12. The molecule has 2 rings (SSSR count). The number of aryl methyl sites for hydroxylation is 2. The van der Waals surface area contributed by atoms with E-state index in [0.29, 0.717) is 0 Å². The van der Waals surface area contributed by atoms with Crippen LogP contribution in [0.1, 0.15) is 21.5 Å². The summed E-state index contributed by atoms with van der Waals surface area (Å²) in [5.74, 6) is -1.61. The molecule has 0 bridgehead atoms. The maximum Gasteiger partial charge on any atom is 0.176 e. The second-order valence-corrected chi connectivity index (χ2v) is 5.62. The van der Waals surface area contributed by atoms with Gasteiger partial charge in [0.25, 0.3) is 0 Å². The number of Topliss-reactive ketones (excluding diaryl/α,β-unsaturated/α-hetero) is 1. The molecule has 0 spiro atoms. The number of rotatable bonds is 4. The van der Waals surface area contributed by atoms with Gasteiger partial charge in [-0.25, -0.2) is 8.78 Å². The highest BCUT2D eigenvalue weighted by Gasteiger charge is 2.13. The summed E-state index contributed by atoms with van der Waals surface area (Å²) < 4.78 is 26.6. The minimum absolute atomic E-state index is 0.0880. The van der Waals surface area contributed by atoms with Gasteiger partial charge in [0.05, 0.1) is 11.3 Å². The number of hydrogen-bond donors (Lipinski definition) is 0. The Kier molecular flexibility index (Phi) is 4.55. The van der Waals surface area contributed by atoms with Crippen LogP contribution in [0.15, 0.2) is 41.3 Å². The Morgan fingerprint density at radius 1 is 1.10 bits per heavy atom. The lowest BCUT2D eigenvalue weighted by molar-refractivity contribution is 0.101. The van der Waals surface area contributed by atoms with Gasteiger partial charge in [-0.1, -0.05) is 17.7 Å². The van der Waals surface area contributed by atoms with Crippen molar-refractivity contribution in [1.82, 2.24) is 0 Å². The predicted octanol–water partition coefficient (Wildman–Crippen LogP) is 4.56. The van der Waals surface area contributed by atoms with Gasteiger partial charge >= 0.3 is 0 Å². The van der Waals surface area contributed by atoms with Crippen LogP contribution < -0.4 is 0 Å². The van der Waals surface area contributed by atoms with Gasteiger partial charge in [-0.15, -0.1) is 11.8 Å². The molecule has 0 saturated carbocycles. The van der Waals surface area contributed by atoms with E-state index in [1.54, 1.807) is 0 Å². The fourth-order valence-corrected chi connectivity index (χ4v) is 2.80. The summed E-state index contributed by atoms with van der Waals surface area (Å²) in [6, 6.07) is 8.88. The summed E-state index contributed by atoms with van der Waals surface area (Å²) in [4.78, 5) is 12.9. The Morgan fingerprint density at radius 3 is 2.60 bits per heavy atom. The maximum absolute atomic E-state index is 13.5. The van der Waals surface area contributed by atoms with E-state index < -0.39 is 17.4 Å². The molecule has 4 heteroatoms. The van der Waals surface area contributed by atoms with E-state index in [1.165, 1.54) is 11.8 Å². The monoisotopic (exact) mass is 292 g/mol. The van der Waals surface area contributed by atoms with Crippen LogP contribution in [0.5, 0.6) is 0 Å². The van der Waals surface area contributed by atoms with Crippen molar-refractivity contribution in [2.45, 2.75) is 18.7 Å². The van der Waals surface area contributed by atoms with E-state index in [4.69, 9.17) is 0 Å². The molecule has 2 aromatic rings. The summed E-state index contributed by atoms with van der Waals surface area (Å²) >= 11 is 1.34. The highest BCUT2D eigenvalue weighted by atomic mass is 32.2. The quantitative estimate of drug-likeness (QED) is 0.607. The van der Waals surface area contributed by atoms with Gasteiger partial charge < -0.3 is 0 Å². The normalized spacial score (nSPS) is 10.6. The molecule has 0 aliphatic heterocycles. The third-order valence-corrected chi connectivity index (χ3v) is 4.09. The molecule has 0 aliphatic carbocycles. The van der Waals surface area contributed by atoms with Gasteiger partial charge in [-0.3, -0.25) is 4.79 Å². The van der Waals surface area contributed by atoms with Crippen LogP contribution in [0.3, 0.4) is 0 Å². The van der Waals surface area contributed by atoms with E-state index in [0.717, 1.165) is 34.2 Å². The topological polar surface area (TPSA) is 17.1 Å². The average molecular weight is 292 g/mol. The minimum atomic E-state index is -0.682. The molecule has 20 heavy (non-hydrogen) atoms. The first-order valence-electron chi connectivity index (χ1n) is 6.15. The Morgan fingerprint density at radius 2 is 1.85 bits per heavy atom. The highest BCUT2D eigenvalue weighted by molar-refractivity contribution is 8.00. The van der Waals surface area contributed by atoms with Crippen LogP contribution in [-0.2, 0) is 0 Å². The molecule has 0 aromatic heterocycles. The molecular weight excluding hydrogens is 278 g/mol. The smallest absolute Gasteiger partial charge is 0.176 e. The van der Waals surface area contributed by atoms with Gasteiger partial charge in [0.15, 0.2) is 5.78 Å². The summed E-state index contributed by atoms with van der Waals surface area (Å²) in [6.45, 7) is 3.92. The van der Waals surface area contributed by atoms with Crippen LogP contribution in [0, 0.1) is 25.5 Å². The van der Waals surface area contributed by atoms with Crippen LogP contribution in [0.2, 0.25) is 0 Å². The molecular formula is C16H14F2OS. The van der Waals surface area contributed by atoms with E-state index in [9.17, 15) is 13.6 Å². The zero-order valence-electron chi connectivity index (χ0n) is 11.2. The second kappa shape index (κ2) is 6.18. The van der Waals surface area contributed by atoms with Crippen LogP contribution >= 0.6 is 11.8 Å². The van der Waals surface area contributed by atoms with Crippen molar-refractivity contribution >= 4 is 17.5 Å². The molecule has 2 aromatic carbocycles. The molecule has 0 saturated heterocycles. The summed E-state index contributed by atoms with van der Waals surface area (Å²) in [5, 5.41) is 0. The van der Waals surface area contributed by atoms with Crippen molar-refractivity contribution in [1.29, 1.82) is 0 Å². The number of carbonyl (C=O) groups excluding carboxylic acids is 1. The highest BCUT2D eigenvalue weighted by Crippen LogP contribution is 2.25. The Bertz CT molecular complexity index is 653. The van der Waals surface area contributed by atoms with Crippen molar-refractivity contribution in [2.75, 3.05) is 5.75 Å². The molecule has 0 radical (unpaired) electrons. The molecule has 0 amide bonds. The number of benzene rings is 2. The van der Waals surface area contributed by atoms with E-state index in [1.807, 2.05) is 32.0 Å². The van der Waals surface area contributed by atoms with Crippen LogP contribution in [0.4, 0.5) is 8.78 Å². The summed E-state index contributed by atoms with van der Waals surface area (Å²) in [6.07, 6.45) is 0. The third kappa shape index (κ3) is 3.45. The lowest BCUT2D eigenvalue weighted by atomic mass is 10.1. The van der Waals surface area contributed by atoms with Crippen molar-refractivity contribution < 1.29 is 13.6 Å². The third-order valence-electron chi connectivity index (χ3n) is 2.93. The van der Waals surface area contributed by atoms with Crippen molar-refractivity contribution in [3.8, 4) is 0 Å². The first-order chi connectivity index (χ1) is 9.47. The number of hydrogen-bond acceptors (Lipinski definition) is 2. The fourth-order valence-electron chi connectivity index (χ4n) is 1.80. The number of halogens is 2. The van der Waals surface area contributed by atoms with Gasteiger partial charge in [0.2, 0.25) is 0 Å². The molecule has 0 atom stereocenters. The lowest BCUT2D eigenvalue weighted by Gasteiger charge is -2.07. The first kappa shape index (κ1) is 14.7. The van der Waals surface area contributed by atoms with Gasteiger partial charge in [0.1, 0.15) is 11.6 Å². The first-order valence-corrected chi connectivity index (χ1v) is 7.14. The number of carbonyl (C=O) groups is 1. The largest absolute Gasteiger partial charge is 0.293 e. The standard InChI is InChI=1S/C16H14F2OS/c1-10-3-4-11(2)16(7-10)20-9-15(19)13-8-12(17)5-6-14(13)18/h3-8H,9H2,1-2H3. The molecule has 1 nitrogen and oxygen atoms in total. The molecule has 0 fully saturated rings. The molecule has 104 valence electrons. The van der Waals surface area contributed by atoms with E-state index in [2.05, 4.69) is 0 Å².